The van der Waals surface area contributed by atoms with Gasteiger partial charge in [0, 0.05) is 19.6 Å². The molecule has 0 amide bonds. The van der Waals surface area contributed by atoms with Gasteiger partial charge in [0.25, 0.3) is 0 Å². The Labute approximate surface area is 109 Å². The summed E-state index contributed by atoms with van der Waals surface area (Å²) in [5, 5.41) is 3.38. The number of nitrogens with one attached hydrogen (secondary N) is 1. The molecule has 1 heterocycles. The molecule has 18 heavy (non-hydrogen) atoms. The quantitative estimate of drug-likeness (QED) is 0.808. The van der Waals surface area contributed by atoms with Crippen LogP contribution in [0.5, 0.6) is 0 Å². The van der Waals surface area contributed by atoms with E-state index >= 15 is 0 Å². The predicted molar refractivity (Wildman–Crippen MR) is 72.9 cm³/mol. The fraction of sp³-hybridized carbons (Fsp3) is 0.600. The second kappa shape index (κ2) is 6.86. The van der Waals surface area contributed by atoms with Crippen LogP contribution in [0.25, 0.3) is 0 Å². The van der Waals surface area contributed by atoms with Crippen molar-refractivity contribution in [2.24, 2.45) is 5.92 Å². The highest BCUT2D eigenvalue weighted by Gasteiger charge is 2.14. The van der Waals surface area contributed by atoms with Gasteiger partial charge in [0.2, 0.25) is 0 Å². The molecule has 0 aromatic heterocycles. The normalized spacial score (nSPS) is 18.1. The maximum atomic E-state index is 13.0. The molecule has 0 bridgehead atoms. The van der Waals surface area contributed by atoms with Gasteiger partial charge >= 0.3 is 0 Å². The van der Waals surface area contributed by atoms with Gasteiger partial charge < -0.3 is 10.2 Å². The molecule has 100 valence electrons. The minimum Gasteiger partial charge on any atom is -0.311 e. The number of halogens is 1. The van der Waals surface area contributed by atoms with Crippen LogP contribution < -0.4 is 5.32 Å². The van der Waals surface area contributed by atoms with E-state index in [0.717, 1.165) is 31.1 Å². The van der Waals surface area contributed by atoms with Gasteiger partial charge in [-0.15, -0.1) is 0 Å². The predicted octanol–water partition coefficient (Wildman–Crippen LogP) is 2.65. The molecular weight excluding hydrogens is 227 g/mol. The van der Waals surface area contributed by atoms with Gasteiger partial charge in [-0.25, -0.2) is 4.39 Å². The summed E-state index contributed by atoms with van der Waals surface area (Å²) in [7, 11) is 0. The van der Waals surface area contributed by atoms with Crippen molar-refractivity contribution in [1.29, 1.82) is 0 Å². The van der Waals surface area contributed by atoms with Crippen LogP contribution >= 0.6 is 0 Å². The second-order valence-corrected chi connectivity index (χ2v) is 5.33. The van der Waals surface area contributed by atoms with Crippen LogP contribution in [0.15, 0.2) is 24.3 Å². The second-order valence-electron chi connectivity index (χ2n) is 5.33. The van der Waals surface area contributed by atoms with Gasteiger partial charge in [-0.05, 0) is 49.5 Å². The smallest absolute Gasteiger partial charge is 0.123 e. The molecule has 1 aromatic rings. The maximum absolute atomic E-state index is 13.0. The van der Waals surface area contributed by atoms with Crippen LogP contribution in [0.2, 0.25) is 0 Å². The van der Waals surface area contributed by atoms with Crippen molar-refractivity contribution in [3.8, 4) is 0 Å². The van der Waals surface area contributed by atoms with E-state index in [1.165, 1.54) is 32.0 Å². The van der Waals surface area contributed by atoms with E-state index in [0.29, 0.717) is 0 Å². The minimum atomic E-state index is -0.153. The first-order valence-corrected chi connectivity index (χ1v) is 6.91. The zero-order chi connectivity index (χ0) is 12.8. The Morgan fingerprint density at radius 3 is 2.83 bits per heavy atom. The van der Waals surface area contributed by atoms with Crippen LogP contribution in [0.3, 0.4) is 0 Å². The third-order valence-corrected chi connectivity index (χ3v) is 3.70. The van der Waals surface area contributed by atoms with Crippen LogP contribution in [-0.4, -0.2) is 31.1 Å². The van der Waals surface area contributed by atoms with Crippen LogP contribution in [0.4, 0.5) is 4.39 Å². The van der Waals surface area contributed by atoms with E-state index in [4.69, 9.17) is 0 Å². The third-order valence-electron chi connectivity index (χ3n) is 3.70. The summed E-state index contributed by atoms with van der Waals surface area (Å²) in [6, 6.07) is 6.80. The molecule has 3 heteroatoms. The fourth-order valence-electron chi connectivity index (χ4n) is 2.40. The highest BCUT2D eigenvalue weighted by Crippen LogP contribution is 2.15. The van der Waals surface area contributed by atoms with E-state index in [2.05, 4.69) is 17.1 Å². The molecule has 1 N–H and O–H groups in total. The summed E-state index contributed by atoms with van der Waals surface area (Å²) in [6.07, 6.45) is 2.65. The largest absolute Gasteiger partial charge is 0.311 e. The highest BCUT2D eigenvalue weighted by molar-refractivity contribution is 5.15. The van der Waals surface area contributed by atoms with Crippen molar-refractivity contribution in [1.82, 2.24) is 10.2 Å². The van der Waals surface area contributed by atoms with Crippen LogP contribution in [-0.2, 0) is 6.54 Å². The van der Waals surface area contributed by atoms with E-state index in [1.54, 1.807) is 12.1 Å². The number of benzene rings is 1. The van der Waals surface area contributed by atoms with Gasteiger partial charge in [0.1, 0.15) is 5.82 Å². The molecule has 0 unspecified atom stereocenters. The lowest BCUT2D eigenvalue weighted by atomic mass is 9.99. The van der Waals surface area contributed by atoms with E-state index < -0.39 is 0 Å². The Kier molecular flexibility index (Phi) is 5.14. The zero-order valence-electron chi connectivity index (χ0n) is 11.2. The van der Waals surface area contributed by atoms with E-state index in [1.807, 2.05) is 6.07 Å². The van der Waals surface area contributed by atoms with Gasteiger partial charge in [-0.2, -0.15) is 0 Å². The molecule has 1 fully saturated rings. The Bertz CT molecular complexity index is 359. The van der Waals surface area contributed by atoms with Gasteiger partial charge in [-0.3, -0.25) is 0 Å². The lowest BCUT2D eigenvalue weighted by Crippen LogP contribution is -2.37. The van der Waals surface area contributed by atoms with Crippen molar-refractivity contribution >= 4 is 0 Å². The Balaban J connectivity index is 1.61. The van der Waals surface area contributed by atoms with Gasteiger partial charge in [-0.1, -0.05) is 19.1 Å². The minimum absolute atomic E-state index is 0.153. The number of hydrogen-bond donors (Lipinski definition) is 1. The lowest BCUT2D eigenvalue weighted by molar-refractivity contribution is 0.193. The summed E-state index contributed by atoms with van der Waals surface area (Å²) in [4.78, 5) is 2.51. The lowest BCUT2D eigenvalue weighted by Gasteiger charge is -2.30. The number of hydrogen-bond acceptors (Lipinski definition) is 2. The van der Waals surface area contributed by atoms with Crippen LogP contribution in [0.1, 0.15) is 25.3 Å². The fourth-order valence-corrected chi connectivity index (χ4v) is 2.40. The molecule has 0 radical (unpaired) electrons. The maximum Gasteiger partial charge on any atom is 0.123 e. The summed E-state index contributed by atoms with van der Waals surface area (Å²) in [6.45, 7) is 7.61. The number of rotatable bonds is 5. The molecule has 1 aliphatic heterocycles. The van der Waals surface area contributed by atoms with Gasteiger partial charge in [0.05, 0.1) is 0 Å². The molecule has 0 saturated carbocycles. The SMILES string of the molecule is CC1CCN(CCNCc2cccc(F)c2)CC1. The van der Waals surface area contributed by atoms with Crippen molar-refractivity contribution < 1.29 is 4.39 Å². The Morgan fingerprint density at radius 2 is 2.11 bits per heavy atom. The molecule has 0 spiro atoms. The average Bonchev–Trinajstić information content (AvgIpc) is 2.37. The number of nitrogens with zero attached hydrogens (tertiary/aromatic N) is 1. The monoisotopic (exact) mass is 250 g/mol. The van der Waals surface area contributed by atoms with E-state index in [9.17, 15) is 4.39 Å². The summed E-state index contributed by atoms with van der Waals surface area (Å²) >= 11 is 0. The Morgan fingerprint density at radius 1 is 1.33 bits per heavy atom. The first kappa shape index (κ1) is 13.5. The van der Waals surface area contributed by atoms with Crippen LogP contribution in [0, 0.1) is 11.7 Å². The zero-order valence-corrected chi connectivity index (χ0v) is 11.2. The summed E-state index contributed by atoms with van der Waals surface area (Å²) in [5.74, 6) is 0.737. The number of likely N-dealkylation sites (tertiary alicyclic amines) is 1. The molecule has 1 saturated heterocycles. The molecule has 0 aliphatic carbocycles. The summed E-state index contributed by atoms with van der Waals surface area (Å²) < 4.78 is 13.0. The molecule has 2 rings (SSSR count). The highest BCUT2D eigenvalue weighted by atomic mass is 19.1. The molecule has 1 aromatic carbocycles. The molecule has 0 atom stereocenters. The number of piperidine rings is 1. The van der Waals surface area contributed by atoms with E-state index in [-0.39, 0.29) is 5.82 Å². The Hall–Kier alpha value is -0.930. The topological polar surface area (TPSA) is 15.3 Å². The summed E-state index contributed by atoms with van der Waals surface area (Å²) in [5.41, 5.74) is 1.02. The van der Waals surface area contributed by atoms with Crippen molar-refractivity contribution in [2.45, 2.75) is 26.3 Å². The first-order valence-electron chi connectivity index (χ1n) is 6.91. The molecule has 2 nitrogen and oxygen atoms in total. The third kappa shape index (κ3) is 4.39. The first-order chi connectivity index (χ1) is 8.74. The van der Waals surface area contributed by atoms with Crippen molar-refractivity contribution in [3.63, 3.8) is 0 Å². The average molecular weight is 250 g/mol. The molecule has 1 aliphatic rings. The van der Waals surface area contributed by atoms with Crippen molar-refractivity contribution in [2.75, 3.05) is 26.2 Å². The van der Waals surface area contributed by atoms with Crippen molar-refractivity contribution in [3.05, 3.63) is 35.6 Å². The van der Waals surface area contributed by atoms with Gasteiger partial charge in [0.15, 0.2) is 0 Å². The molecular formula is C15H23FN2. The standard InChI is InChI=1S/C15H23FN2/c1-13-5-8-18(9-6-13)10-7-17-12-14-3-2-4-15(16)11-14/h2-4,11,13,17H,5-10,12H2,1H3.